The fourth-order valence-corrected chi connectivity index (χ4v) is 6.86. The molecule has 0 aromatic heterocycles. The predicted octanol–water partition coefficient (Wildman–Crippen LogP) is 7.96. The Hall–Kier alpha value is -3.60. The molecule has 1 saturated carbocycles. The van der Waals surface area contributed by atoms with Crippen molar-refractivity contribution in [2.75, 3.05) is 7.11 Å². The largest absolute Gasteiger partial charge is 0.497 e. The van der Waals surface area contributed by atoms with Crippen molar-refractivity contribution in [2.24, 2.45) is 11.3 Å². The summed E-state index contributed by atoms with van der Waals surface area (Å²) < 4.78 is 26.8. The molecule has 0 aliphatic heterocycles. The molecule has 0 unspecified atom stereocenters. The van der Waals surface area contributed by atoms with E-state index in [-0.39, 0.29) is 22.6 Å². The molecule has 3 aliphatic carbocycles. The zero-order valence-corrected chi connectivity index (χ0v) is 22.9. The van der Waals surface area contributed by atoms with Crippen LogP contribution in [-0.4, -0.2) is 18.2 Å². The number of halogens is 1. The molecule has 2 atom stereocenters. The van der Waals surface area contributed by atoms with Crippen LogP contribution in [0.3, 0.4) is 0 Å². The number of aliphatic carboxylic acids is 1. The number of aryl methyl sites for hydroxylation is 1. The van der Waals surface area contributed by atoms with Gasteiger partial charge in [0.1, 0.15) is 23.9 Å². The SMILES string of the molecule is COc1ccc(F)c(-c2ccc(COc3ccc4c(c3)[C@@]3(CCC4)C[C@@H]3C(=O)O)cc2C2=CCCC2(C)C)c1. The molecule has 6 rings (SSSR count). The van der Waals surface area contributed by atoms with Gasteiger partial charge in [0, 0.05) is 11.0 Å². The van der Waals surface area contributed by atoms with Crippen molar-refractivity contribution in [3.05, 3.63) is 88.7 Å². The normalized spacial score (nSPS) is 22.8. The number of carboxylic acids is 1. The smallest absolute Gasteiger partial charge is 0.307 e. The standard InChI is InChI=1S/C34H35FO4/c1-33(2)14-5-7-28(33)26-16-21(8-12-25(26)27-17-23(38-3)11-13-31(27)35)20-39-24-10-9-22-6-4-15-34(29(22)18-24)19-30(34)32(36)37/h7-13,16-18,30H,4-6,14-15,19-20H2,1-3H3,(H,36,37)/t30-,34-/m1/s1. The number of carbonyl (C=O) groups is 1. The lowest BCUT2D eigenvalue weighted by Gasteiger charge is -2.27. The van der Waals surface area contributed by atoms with E-state index in [9.17, 15) is 9.90 Å². The van der Waals surface area contributed by atoms with Gasteiger partial charge in [-0.3, -0.25) is 4.79 Å². The molecule has 3 aromatic rings. The van der Waals surface area contributed by atoms with Gasteiger partial charge < -0.3 is 14.6 Å². The molecule has 3 aliphatic rings. The van der Waals surface area contributed by atoms with Gasteiger partial charge in [-0.15, -0.1) is 0 Å². The van der Waals surface area contributed by atoms with Crippen LogP contribution in [-0.2, 0) is 23.2 Å². The zero-order chi connectivity index (χ0) is 27.4. The fourth-order valence-electron chi connectivity index (χ4n) is 6.86. The first-order valence-electron chi connectivity index (χ1n) is 13.9. The molecule has 202 valence electrons. The molecule has 39 heavy (non-hydrogen) atoms. The summed E-state index contributed by atoms with van der Waals surface area (Å²) in [6.07, 6.45) is 7.99. The highest BCUT2D eigenvalue weighted by molar-refractivity contribution is 5.85. The average Bonchev–Trinajstić information content (AvgIpc) is 3.54. The first kappa shape index (κ1) is 25.7. The molecule has 4 nitrogen and oxygen atoms in total. The molecule has 0 radical (unpaired) electrons. The number of ether oxygens (including phenoxy) is 2. The van der Waals surface area contributed by atoms with Gasteiger partial charge in [0.15, 0.2) is 0 Å². The average molecular weight is 527 g/mol. The fraction of sp³-hybridized carbons (Fsp3) is 0.382. The maximum absolute atomic E-state index is 15.1. The second kappa shape index (κ2) is 9.55. The highest BCUT2D eigenvalue weighted by Crippen LogP contribution is 2.60. The molecule has 5 heteroatoms. The van der Waals surface area contributed by atoms with Crippen molar-refractivity contribution in [2.45, 2.75) is 64.4 Å². The number of hydrogen-bond acceptors (Lipinski definition) is 3. The lowest BCUT2D eigenvalue weighted by Crippen LogP contribution is -2.21. The molecule has 0 bridgehead atoms. The third kappa shape index (κ3) is 4.52. The molecule has 1 fully saturated rings. The Morgan fingerprint density at radius 1 is 1.00 bits per heavy atom. The van der Waals surface area contributed by atoms with Crippen LogP contribution in [0.25, 0.3) is 16.7 Å². The number of rotatable bonds is 7. The molecular formula is C34H35FO4. The highest BCUT2D eigenvalue weighted by Gasteiger charge is 2.60. The van der Waals surface area contributed by atoms with Crippen LogP contribution in [0.2, 0.25) is 0 Å². The first-order valence-corrected chi connectivity index (χ1v) is 13.9. The molecule has 0 heterocycles. The van der Waals surface area contributed by atoms with Gasteiger partial charge in [-0.2, -0.15) is 0 Å². The van der Waals surface area contributed by atoms with Crippen molar-refractivity contribution in [1.82, 2.24) is 0 Å². The Balaban J connectivity index is 1.32. The summed E-state index contributed by atoms with van der Waals surface area (Å²) in [4.78, 5) is 11.7. The van der Waals surface area contributed by atoms with Gasteiger partial charge in [0.05, 0.1) is 13.0 Å². The molecule has 0 amide bonds. The van der Waals surface area contributed by atoms with Crippen LogP contribution in [0.4, 0.5) is 4.39 Å². The van der Waals surface area contributed by atoms with E-state index in [1.54, 1.807) is 19.2 Å². The van der Waals surface area contributed by atoms with Crippen LogP contribution in [0.15, 0.2) is 60.7 Å². The Bertz CT molecular complexity index is 1490. The van der Waals surface area contributed by atoms with Gasteiger partial charge in [-0.1, -0.05) is 38.1 Å². The number of carboxylic acid groups (broad SMARTS) is 1. The number of methoxy groups -OCH3 is 1. The van der Waals surface area contributed by atoms with Gasteiger partial charge in [0.25, 0.3) is 0 Å². The summed E-state index contributed by atoms with van der Waals surface area (Å²) in [6, 6.07) is 17.2. The Labute approximate surface area is 229 Å². The minimum Gasteiger partial charge on any atom is -0.497 e. The number of hydrogen-bond donors (Lipinski definition) is 1. The number of allylic oxidation sites excluding steroid dienone is 2. The van der Waals surface area contributed by atoms with E-state index in [1.165, 1.54) is 17.2 Å². The van der Waals surface area contributed by atoms with E-state index < -0.39 is 5.97 Å². The summed E-state index contributed by atoms with van der Waals surface area (Å²) in [6.45, 7) is 4.85. The van der Waals surface area contributed by atoms with Crippen molar-refractivity contribution < 1.29 is 23.8 Å². The lowest BCUT2D eigenvalue weighted by molar-refractivity contribution is -0.139. The maximum Gasteiger partial charge on any atom is 0.307 e. The Kier molecular flexibility index (Phi) is 6.28. The second-order valence-corrected chi connectivity index (χ2v) is 12.0. The van der Waals surface area contributed by atoms with Gasteiger partial charge in [-0.05, 0) is 114 Å². The quantitative estimate of drug-likeness (QED) is 0.339. The predicted molar refractivity (Wildman–Crippen MR) is 151 cm³/mol. The van der Waals surface area contributed by atoms with E-state index in [2.05, 4.69) is 38.1 Å². The van der Waals surface area contributed by atoms with Crippen molar-refractivity contribution in [3.8, 4) is 22.6 Å². The Morgan fingerprint density at radius 2 is 1.82 bits per heavy atom. The monoisotopic (exact) mass is 526 g/mol. The Morgan fingerprint density at radius 3 is 2.54 bits per heavy atom. The first-order chi connectivity index (χ1) is 18.7. The van der Waals surface area contributed by atoms with Crippen molar-refractivity contribution in [3.63, 3.8) is 0 Å². The zero-order valence-electron chi connectivity index (χ0n) is 22.9. The van der Waals surface area contributed by atoms with Crippen molar-refractivity contribution >= 4 is 11.5 Å². The maximum atomic E-state index is 15.1. The summed E-state index contributed by atoms with van der Waals surface area (Å²) in [5.41, 5.74) is 6.79. The second-order valence-electron chi connectivity index (χ2n) is 12.0. The topological polar surface area (TPSA) is 55.8 Å². The van der Waals surface area contributed by atoms with Crippen LogP contribution in [0, 0.1) is 17.2 Å². The molecule has 1 N–H and O–H groups in total. The number of benzene rings is 3. The van der Waals surface area contributed by atoms with E-state index >= 15 is 4.39 Å². The van der Waals surface area contributed by atoms with Crippen LogP contribution in [0.1, 0.15) is 68.2 Å². The lowest BCUT2D eigenvalue weighted by atomic mass is 9.78. The highest BCUT2D eigenvalue weighted by atomic mass is 19.1. The van der Waals surface area contributed by atoms with Gasteiger partial charge in [0.2, 0.25) is 0 Å². The molecule has 1 spiro atoms. The molecule has 3 aromatic carbocycles. The van der Waals surface area contributed by atoms with E-state index in [4.69, 9.17) is 9.47 Å². The van der Waals surface area contributed by atoms with Gasteiger partial charge in [-0.25, -0.2) is 4.39 Å². The summed E-state index contributed by atoms with van der Waals surface area (Å²) in [5, 5.41) is 9.66. The number of fused-ring (bicyclic) bond motifs is 2. The third-order valence-electron chi connectivity index (χ3n) is 9.15. The van der Waals surface area contributed by atoms with Crippen LogP contribution in [0.5, 0.6) is 11.5 Å². The minimum atomic E-state index is -0.696. The minimum absolute atomic E-state index is 0.0126. The summed E-state index contributed by atoms with van der Waals surface area (Å²) in [7, 11) is 1.59. The molecule has 0 saturated heterocycles. The summed E-state index contributed by atoms with van der Waals surface area (Å²) >= 11 is 0. The van der Waals surface area contributed by atoms with Crippen LogP contribution >= 0.6 is 0 Å². The van der Waals surface area contributed by atoms with Gasteiger partial charge >= 0.3 is 5.97 Å². The third-order valence-corrected chi connectivity index (χ3v) is 9.15. The van der Waals surface area contributed by atoms with E-state index in [0.717, 1.165) is 66.5 Å². The van der Waals surface area contributed by atoms with E-state index in [1.807, 2.05) is 18.2 Å². The summed E-state index contributed by atoms with van der Waals surface area (Å²) in [5.74, 6) is 0.117. The molecular weight excluding hydrogens is 491 g/mol. The van der Waals surface area contributed by atoms with E-state index in [0.29, 0.717) is 17.9 Å². The van der Waals surface area contributed by atoms with Crippen molar-refractivity contribution in [1.29, 1.82) is 0 Å². The van der Waals surface area contributed by atoms with Crippen LogP contribution < -0.4 is 9.47 Å².